The summed E-state index contributed by atoms with van der Waals surface area (Å²) in [6.07, 6.45) is 36.7. The fourth-order valence-electron chi connectivity index (χ4n) is 11.9. The first-order valence-corrected chi connectivity index (χ1v) is 21.1. The van der Waals surface area contributed by atoms with Crippen LogP contribution in [0.3, 0.4) is 0 Å². The zero-order valence-corrected chi connectivity index (χ0v) is 32.4. The van der Waals surface area contributed by atoms with Crippen LogP contribution in [-0.4, -0.2) is 4.90 Å². The van der Waals surface area contributed by atoms with Crippen molar-refractivity contribution < 1.29 is 0 Å². The van der Waals surface area contributed by atoms with Gasteiger partial charge in [-0.1, -0.05) is 85.9 Å². The summed E-state index contributed by atoms with van der Waals surface area (Å²) in [6.45, 7) is 8.84. The van der Waals surface area contributed by atoms with E-state index in [0.29, 0.717) is 5.92 Å². The summed E-state index contributed by atoms with van der Waals surface area (Å²) >= 11 is 0. The van der Waals surface area contributed by atoms with Crippen molar-refractivity contribution in [1.82, 2.24) is 4.90 Å². The Labute approximate surface area is 323 Å². The van der Waals surface area contributed by atoms with Crippen molar-refractivity contribution >= 4 is 11.4 Å². The average molecular weight is 707 g/mol. The summed E-state index contributed by atoms with van der Waals surface area (Å²) in [6, 6.07) is 19.7. The summed E-state index contributed by atoms with van der Waals surface area (Å²) in [7, 11) is 0. The first-order chi connectivity index (χ1) is 26.6. The third-order valence-corrected chi connectivity index (χ3v) is 13.8. The lowest BCUT2D eigenvalue weighted by molar-refractivity contribution is 0.496. The Morgan fingerprint density at radius 2 is 1.59 bits per heavy atom. The van der Waals surface area contributed by atoms with E-state index in [2.05, 4.69) is 127 Å². The van der Waals surface area contributed by atoms with Crippen molar-refractivity contribution in [2.24, 2.45) is 11.3 Å². The van der Waals surface area contributed by atoms with E-state index in [-0.39, 0.29) is 5.41 Å². The third-order valence-electron chi connectivity index (χ3n) is 13.8. The summed E-state index contributed by atoms with van der Waals surface area (Å²) in [4.78, 5) is 5.16. The molecule has 2 aromatic carbocycles. The van der Waals surface area contributed by atoms with E-state index < -0.39 is 0 Å². The maximum atomic E-state index is 4.33. The second-order valence-corrected chi connectivity index (χ2v) is 16.7. The highest BCUT2D eigenvalue weighted by Gasteiger charge is 2.64. The van der Waals surface area contributed by atoms with Gasteiger partial charge in [-0.2, -0.15) is 0 Å². The number of rotatable bonds is 8. The number of fused-ring (bicyclic) bond motifs is 3. The molecule has 0 fully saturated rings. The van der Waals surface area contributed by atoms with Crippen LogP contribution in [0, 0.1) is 18.3 Å². The summed E-state index contributed by atoms with van der Waals surface area (Å²) in [5, 5.41) is 0. The predicted octanol–water partition coefficient (Wildman–Crippen LogP) is 14.0. The third kappa shape index (κ3) is 4.91. The molecule has 0 saturated heterocycles. The average Bonchev–Trinajstić information content (AvgIpc) is 3.69. The maximum Gasteiger partial charge on any atom is 0.0617 e. The highest BCUT2D eigenvalue weighted by atomic mass is 15.2. The lowest BCUT2D eigenvalue weighted by Crippen LogP contribution is -2.28. The van der Waals surface area contributed by atoms with Gasteiger partial charge in [-0.25, -0.2) is 0 Å². The molecule has 2 aromatic rings. The first kappa shape index (κ1) is 33.7. The van der Waals surface area contributed by atoms with E-state index in [9.17, 15) is 0 Å². The Hall–Kier alpha value is -4.82. The molecule has 0 heterocycles. The smallest absolute Gasteiger partial charge is 0.0617 e. The van der Waals surface area contributed by atoms with Crippen LogP contribution in [0.15, 0.2) is 183 Å². The molecule has 54 heavy (non-hydrogen) atoms. The molecular weight excluding hydrogens is 653 g/mol. The molecule has 0 amide bonds. The largest absolute Gasteiger partial charge is 0.315 e. The van der Waals surface area contributed by atoms with Crippen LogP contribution in [0.2, 0.25) is 0 Å². The summed E-state index contributed by atoms with van der Waals surface area (Å²) < 4.78 is 0. The van der Waals surface area contributed by atoms with Gasteiger partial charge in [-0.05, 0) is 183 Å². The second-order valence-electron chi connectivity index (χ2n) is 16.7. The van der Waals surface area contributed by atoms with Gasteiger partial charge in [-0.15, -0.1) is 0 Å². The highest BCUT2D eigenvalue weighted by Crippen LogP contribution is 2.76. The number of anilines is 2. The van der Waals surface area contributed by atoms with Gasteiger partial charge in [0, 0.05) is 40.1 Å². The van der Waals surface area contributed by atoms with Gasteiger partial charge >= 0.3 is 0 Å². The van der Waals surface area contributed by atoms with Crippen LogP contribution >= 0.6 is 0 Å². The number of hydrogen-bond donors (Lipinski definition) is 0. The van der Waals surface area contributed by atoms with Crippen molar-refractivity contribution in [3.63, 3.8) is 0 Å². The highest BCUT2D eigenvalue weighted by molar-refractivity contribution is 5.85. The van der Waals surface area contributed by atoms with Gasteiger partial charge in [0.25, 0.3) is 0 Å². The molecule has 8 aliphatic carbocycles. The Bertz CT molecular complexity index is 2270. The van der Waals surface area contributed by atoms with Crippen LogP contribution in [0.4, 0.5) is 11.4 Å². The Morgan fingerprint density at radius 1 is 0.778 bits per heavy atom. The fraction of sp³-hybridized carbons (Fsp3) is 0.346. The monoisotopic (exact) mass is 706 g/mol. The van der Waals surface area contributed by atoms with Gasteiger partial charge in [-0.3, -0.25) is 0 Å². The minimum Gasteiger partial charge on any atom is -0.315 e. The summed E-state index contributed by atoms with van der Waals surface area (Å²) in [5.74, 6) is 0.428. The minimum atomic E-state index is 0.0173. The molecule has 0 bridgehead atoms. The van der Waals surface area contributed by atoms with Crippen LogP contribution < -0.4 is 4.90 Å². The van der Waals surface area contributed by atoms with Gasteiger partial charge in [0.05, 0.1) is 5.41 Å². The minimum absolute atomic E-state index is 0.0173. The van der Waals surface area contributed by atoms with E-state index in [1.807, 2.05) is 11.6 Å². The van der Waals surface area contributed by atoms with Gasteiger partial charge in [0.15, 0.2) is 0 Å². The molecule has 0 saturated carbocycles. The maximum absolute atomic E-state index is 4.33. The molecule has 10 rings (SSSR count). The molecule has 272 valence electrons. The standard InChI is InChI=1S/C52H54N2/c1-4-19-39(34-36(3)53(37-21-10-7-11-22-37)47-32-15-12-20-35(47)2)54(38-23-8-5-6-9-24-38)48-33-18-31-46-49(48)44-29-17-28-43-42-27-16-26-41-40-25-13-14-30-45(40)52(46,50(41)42)51(43)44/h4,7,10-12,15,17,19-23,27-28,32-34,44H,1,5-6,8-9,13-14,16,18,24-26,29-31H2,2-3H3/b36-34+,39-19+. The van der Waals surface area contributed by atoms with E-state index in [1.54, 1.807) is 44.6 Å². The first-order valence-electron chi connectivity index (χ1n) is 21.1. The van der Waals surface area contributed by atoms with Gasteiger partial charge in [0.1, 0.15) is 0 Å². The molecule has 2 atom stereocenters. The number of benzene rings is 2. The number of aryl methyl sites for hydroxylation is 1. The van der Waals surface area contributed by atoms with Crippen molar-refractivity contribution in [1.29, 1.82) is 0 Å². The van der Waals surface area contributed by atoms with Gasteiger partial charge < -0.3 is 9.80 Å². The SMILES string of the molecule is C=C/C=C(\C=C(/C)N(c1ccccc1)c1ccccc1C)N(C1=CCCCCC1)C1=CCCC2=C1C1CC=CC3=C1C21C2=C(CCCC2)C2=C1C3=CCC2. The number of nitrogens with zero attached hydrogens (tertiary/aromatic N) is 2. The molecule has 2 heteroatoms. The predicted molar refractivity (Wildman–Crippen MR) is 226 cm³/mol. The normalized spacial score (nSPS) is 25.8. The second kappa shape index (κ2) is 13.5. The van der Waals surface area contributed by atoms with Crippen LogP contribution in [0.25, 0.3) is 0 Å². The molecule has 0 aromatic heterocycles. The number of allylic oxidation sites excluding steroid dienone is 19. The molecule has 0 aliphatic heterocycles. The van der Waals surface area contributed by atoms with Crippen molar-refractivity contribution in [3.05, 3.63) is 188 Å². The molecule has 0 N–H and O–H groups in total. The van der Waals surface area contributed by atoms with Crippen molar-refractivity contribution in [2.75, 3.05) is 4.90 Å². The van der Waals surface area contributed by atoms with E-state index in [0.717, 1.165) is 25.7 Å². The molecule has 2 nitrogen and oxygen atoms in total. The molecule has 8 aliphatic rings. The summed E-state index contributed by atoms with van der Waals surface area (Å²) in [5.41, 5.74) is 24.4. The molecule has 1 spiro atoms. The number of para-hydroxylation sites is 2. The Morgan fingerprint density at radius 3 is 2.46 bits per heavy atom. The van der Waals surface area contributed by atoms with Crippen LogP contribution in [0.1, 0.15) is 102 Å². The molecule has 0 radical (unpaired) electrons. The van der Waals surface area contributed by atoms with Crippen LogP contribution in [0.5, 0.6) is 0 Å². The zero-order valence-electron chi connectivity index (χ0n) is 32.4. The van der Waals surface area contributed by atoms with E-state index >= 15 is 0 Å². The lowest BCUT2D eigenvalue weighted by atomic mass is 9.66. The lowest BCUT2D eigenvalue weighted by Gasteiger charge is -2.38. The number of hydrogen-bond acceptors (Lipinski definition) is 2. The van der Waals surface area contributed by atoms with E-state index in [1.165, 1.54) is 104 Å². The van der Waals surface area contributed by atoms with E-state index in [4.69, 9.17) is 0 Å². The zero-order chi connectivity index (χ0) is 36.4. The molecular formula is C52H54N2. The van der Waals surface area contributed by atoms with Crippen molar-refractivity contribution in [2.45, 2.75) is 104 Å². The topological polar surface area (TPSA) is 6.48 Å². The quantitative estimate of drug-likeness (QED) is 0.252. The Balaban J connectivity index is 1.17. The Kier molecular flexibility index (Phi) is 8.42. The fourth-order valence-corrected chi connectivity index (χ4v) is 11.9. The van der Waals surface area contributed by atoms with Crippen LogP contribution in [-0.2, 0) is 0 Å². The molecule has 2 unspecified atom stereocenters. The van der Waals surface area contributed by atoms with Gasteiger partial charge in [0.2, 0.25) is 0 Å². The van der Waals surface area contributed by atoms with Crippen molar-refractivity contribution in [3.8, 4) is 0 Å².